The van der Waals surface area contributed by atoms with Gasteiger partial charge in [-0.25, -0.2) is 4.98 Å². The smallest absolute Gasteiger partial charge is 0.305 e. The summed E-state index contributed by atoms with van der Waals surface area (Å²) in [6.45, 7) is 1.76. The molecule has 7 nitrogen and oxygen atoms in total. The number of hydrogen-bond donors (Lipinski definition) is 2. The molecule has 1 aromatic rings. The van der Waals surface area contributed by atoms with E-state index < -0.39 is 10.9 Å². The monoisotopic (exact) mass is 225 g/mol. The summed E-state index contributed by atoms with van der Waals surface area (Å²) >= 11 is 0. The molecule has 2 N–H and O–H groups in total. The first-order valence-electron chi connectivity index (χ1n) is 4.58. The van der Waals surface area contributed by atoms with Crippen molar-refractivity contribution in [2.45, 2.75) is 13.3 Å². The van der Waals surface area contributed by atoms with Gasteiger partial charge in [0, 0.05) is 12.6 Å². The average Bonchev–Trinajstić information content (AvgIpc) is 2.16. The van der Waals surface area contributed by atoms with E-state index in [2.05, 4.69) is 10.3 Å². The van der Waals surface area contributed by atoms with Crippen LogP contribution in [0.4, 0.5) is 11.5 Å². The van der Waals surface area contributed by atoms with Gasteiger partial charge in [0.05, 0.1) is 11.3 Å². The van der Waals surface area contributed by atoms with Gasteiger partial charge in [-0.3, -0.25) is 14.9 Å². The summed E-state index contributed by atoms with van der Waals surface area (Å²) in [6.07, 6.45) is -0.0300. The number of nitrogens with one attached hydrogen (secondary N) is 1. The van der Waals surface area contributed by atoms with Crippen LogP contribution in [0.15, 0.2) is 12.1 Å². The Labute approximate surface area is 91.3 Å². The number of aromatic nitrogens is 1. The lowest BCUT2D eigenvalue weighted by Crippen LogP contribution is -2.09. The Balaban J connectivity index is 2.66. The molecule has 16 heavy (non-hydrogen) atoms. The van der Waals surface area contributed by atoms with Crippen molar-refractivity contribution in [1.82, 2.24) is 4.98 Å². The molecule has 0 aliphatic rings. The lowest BCUT2D eigenvalue weighted by molar-refractivity contribution is -0.385. The van der Waals surface area contributed by atoms with E-state index in [4.69, 9.17) is 5.11 Å². The maximum atomic E-state index is 10.5. The molecule has 7 heteroatoms. The van der Waals surface area contributed by atoms with Gasteiger partial charge in [-0.05, 0) is 13.0 Å². The number of anilines is 1. The highest BCUT2D eigenvalue weighted by Crippen LogP contribution is 2.17. The van der Waals surface area contributed by atoms with Crippen molar-refractivity contribution in [3.63, 3.8) is 0 Å². The van der Waals surface area contributed by atoms with Gasteiger partial charge in [-0.15, -0.1) is 0 Å². The number of pyridine rings is 1. The molecule has 1 rings (SSSR count). The van der Waals surface area contributed by atoms with Crippen molar-refractivity contribution in [3.05, 3.63) is 27.9 Å². The van der Waals surface area contributed by atoms with Gasteiger partial charge in [0.1, 0.15) is 11.5 Å². The summed E-state index contributed by atoms with van der Waals surface area (Å²) < 4.78 is 0. The van der Waals surface area contributed by atoms with E-state index in [1.807, 2.05) is 0 Å². The van der Waals surface area contributed by atoms with Crippen LogP contribution in [0.3, 0.4) is 0 Å². The van der Waals surface area contributed by atoms with Gasteiger partial charge >= 0.3 is 5.97 Å². The average molecular weight is 225 g/mol. The Bertz CT molecular complexity index is 419. The molecule has 1 heterocycles. The summed E-state index contributed by atoms with van der Waals surface area (Å²) in [7, 11) is 0. The van der Waals surface area contributed by atoms with Crippen LogP contribution < -0.4 is 5.32 Å². The minimum Gasteiger partial charge on any atom is -0.481 e. The third-order valence-electron chi connectivity index (χ3n) is 1.90. The molecular formula is C9H11N3O4. The number of nitro groups is 1. The van der Waals surface area contributed by atoms with Gasteiger partial charge in [-0.1, -0.05) is 0 Å². The fourth-order valence-electron chi connectivity index (χ4n) is 1.14. The number of carboxylic acid groups (broad SMARTS) is 1. The molecule has 0 amide bonds. The van der Waals surface area contributed by atoms with Crippen LogP contribution in [0, 0.1) is 17.0 Å². The van der Waals surface area contributed by atoms with E-state index in [1.165, 1.54) is 19.1 Å². The van der Waals surface area contributed by atoms with Crippen LogP contribution in [0.1, 0.15) is 12.1 Å². The van der Waals surface area contributed by atoms with Crippen LogP contribution in [0.25, 0.3) is 0 Å². The number of aliphatic carboxylic acids is 1. The first kappa shape index (κ1) is 11.9. The van der Waals surface area contributed by atoms with E-state index in [-0.39, 0.29) is 18.7 Å². The number of rotatable bonds is 5. The lowest BCUT2D eigenvalue weighted by Gasteiger charge is -2.04. The molecule has 0 aromatic carbocycles. The number of nitrogens with zero attached hydrogens (tertiary/aromatic N) is 2. The molecule has 0 radical (unpaired) electrons. The molecule has 0 unspecified atom stereocenters. The minimum absolute atomic E-state index is 0.0300. The molecule has 86 valence electrons. The van der Waals surface area contributed by atoms with Gasteiger partial charge in [0.2, 0.25) is 0 Å². The van der Waals surface area contributed by atoms with Crippen molar-refractivity contribution in [1.29, 1.82) is 0 Å². The fraction of sp³-hybridized carbons (Fsp3) is 0.333. The molecule has 0 saturated carbocycles. The minimum atomic E-state index is -0.911. The zero-order valence-electron chi connectivity index (χ0n) is 8.64. The molecule has 0 spiro atoms. The topological polar surface area (TPSA) is 105 Å². The SMILES string of the molecule is Cc1nc(NCCC(=O)O)ccc1[N+](=O)[O-]. The summed E-state index contributed by atoms with van der Waals surface area (Å²) in [6, 6.07) is 2.79. The van der Waals surface area contributed by atoms with Crippen molar-refractivity contribution >= 4 is 17.5 Å². The second-order valence-corrected chi connectivity index (χ2v) is 3.13. The Hall–Kier alpha value is -2.18. The second-order valence-electron chi connectivity index (χ2n) is 3.13. The van der Waals surface area contributed by atoms with Gasteiger partial charge < -0.3 is 10.4 Å². The zero-order chi connectivity index (χ0) is 12.1. The zero-order valence-corrected chi connectivity index (χ0v) is 8.64. The molecule has 0 atom stereocenters. The van der Waals surface area contributed by atoms with Gasteiger partial charge in [0.25, 0.3) is 5.69 Å². The largest absolute Gasteiger partial charge is 0.481 e. The molecule has 0 saturated heterocycles. The molecular weight excluding hydrogens is 214 g/mol. The quantitative estimate of drug-likeness (QED) is 0.575. The number of aryl methyl sites for hydroxylation is 1. The van der Waals surface area contributed by atoms with Crippen molar-refractivity contribution < 1.29 is 14.8 Å². The number of carboxylic acids is 1. The van der Waals surface area contributed by atoms with E-state index in [1.54, 1.807) is 0 Å². The van der Waals surface area contributed by atoms with E-state index in [9.17, 15) is 14.9 Å². The summed E-state index contributed by atoms with van der Waals surface area (Å²) in [5.74, 6) is -0.476. The summed E-state index contributed by atoms with van der Waals surface area (Å²) in [5, 5.41) is 21.7. The van der Waals surface area contributed by atoms with Crippen LogP contribution in [0.2, 0.25) is 0 Å². The Morgan fingerprint density at radius 2 is 2.31 bits per heavy atom. The molecule has 0 aliphatic heterocycles. The molecule has 0 aliphatic carbocycles. The second kappa shape index (κ2) is 5.06. The highest BCUT2D eigenvalue weighted by Gasteiger charge is 2.11. The summed E-state index contributed by atoms with van der Waals surface area (Å²) in [4.78, 5) is 24.2. The molecule has 0 bridgehead atoms. The van der Waals surface area contributed by atoms with Crippen LogP contribution in [0.5, 0.6) is 0 Å². The fourth-order valence-corrected chi connectivity index (χ4v) is 1.14. The normalized spacial score (nSPS) is 9.81. The highest BCUT2D eigenvalue weighted by atomic mass is 16.6. The first-order chi connectivity index (χ1) is 7.50. The van der Waals surface area contributed by atoms with Crippen LogP contribution in [-0.2, 0) is 4.79 Å². The highest BCUT2D eigenvalue weighted by molar-refractivity contribution is 5.67. The van der Waals surface area contributed by atoms with E-state index >= 15 is 0 Å². The number of carbonyl (C=O) groups is 1. The lowest BCUT2D eigenvalue weighted by atomic mass is 10.3. The number of hydrogen-bond acceptors (Lipinski definition) is 5. The Kier molecular flexibility index (Phi) is 3.76. The van der Waals surface area contributed by atoms with Crippen LogP contribution >= 0.6 is 0 Å². The predicted octanol–water partition coefficient (Wildman–Crippen LogP) is 1.18. The third kappa shape index (κ3) is 3.19. The van der Waals surface area contributed by atoms with Crippen molar-refractivity contribution in [2.24, 2.45) is 0 Å². The Morgan fingerprint density at radius 3 is 2.81 bits per heavy atom. The Morgan fingerprint density at radius 1 is 1.62 bits per heavy atom. The van der Waals surface area contributed by atoms with Gasteiger partial charge in [0.15, 0.2) is 0 Å². The standard InChI is InChI=1S/C9H11N3O4/c1-6-7(12(15)16)2-3-8(11-6)10-5-4-9(13)14/h2-3H,4-5H2,1H3,(H,10,11)(H,13,14). The molecule has 0 fully saturated rings. The summed E-state index contributed by atoms with van der Waals surface area (Å²) in [5.41, 5.74) is 0.245. The van der Waals surface area contributed by atoms with E-state index in [0.717, 1.165) is 0 Å². The van der Waals surface area contributed by atoms with Crippen molar-refractivity contribution in [3.8, 4) is 0 Å². The molecule has 1 aromatic heterocycles. The first-order valence-corrected chi connectivity index (χ1v) is 4.58. The van der Waals surface area contributed by atoms with E-state index in [0.29, 0.717) is 11.5 Å². The predicted molar refractivity (Wildman–Crippen MR) is 56.4 cm³/mol. The van der Waals surface area contributed by atoms with Crippen LogP contribution in [-0.4, -0.2) is 27.5 Å². The maximum Gasteiger partial charge on any atom is 0.305 e. The maximum absolute atomic E-state index is 10.5. The third-order valence-corrected chi connectivity index (χ3v) is 1.90. The van der Waals surface area contributed by atoms with Crippen molar-refractivity contribution in [2.75, 3.05) is 11.9 Å². The van der Waals surface area contributed by atoms with Gasteiger partial charge in [-0.2, -0.15) is 0 Å².